The lowest BCUT2D eigenvalue weighted by molar-refractivity contribution is -0.123. The Morgan fingerprint density at radius 1 is 1.33 bits per heavy atom. The molecule has 3 N–H and O–H groups in total. The van der Waals surface area contributed by atoms with Gasteiger partial charge in [0.05, 0.1) is 0 Å². The number of nitrogens with zero attached hydrogens (tertiary/aromatic N) is 2. The average Bonchev–Trinajstić information content (AvgIpc) is 2.49. The molecule has 0 aliphatic heterocycles. The summed E-state index contributed by atoms with van der Waals surface area (Å²) < 4.78 is 0. The molecular formula is C15H18N4OS. The molecule has 1 aromatic heterocycles. The number of hydrogen-bond acceptors (Lipinski definition) is 5. The van der Waals surface area contributed by atoms with Crippen LogP contribution in [0.1, 0.15) is 11.3 Å². The molecule has 0 fully saturated rings. The fourth-order valence-electron chi connectivity index (χ4n) is 2.03. The summed E-state index contributed by atoms with van der Waals surface area (Å²) in [6.45, 7) is 1.91. The molecule has 2 aromatic rings. The van der Waals surface area contributed by atoms with Gasteiger partial charge in [0.25, 0.3) is 0 Å². The molecule has 1 heterocycles. The molecule has 0 saturated carbocycles. The largest absolute Gasteiger partial charge is 0.368 e. The first kappa shape index (κ1) is 15.5. The Morgan fingerprint density at radius 3 is 2.62 bits per heavy atom. The highest BCUT2D eigenvalue weighted by Gasteiger charge is 2.37. The van der Waals surface area contributed by atoms with E-state index in [9.17, 15) is 4.79 Å². The summed E-state index contributed by atoms with van der Waals surface area (Å²) in [4.78, 5) is 20.6. The molecule has 0 radical (unpaired) electrons. The maximum atomic E-state index is 12.0. The monoisotopic (exact) mass is 302 g/mol. The van der Waals surface area contributed by atoms with E-state index in [-0.39, 0.29) is 0 Å². The lowest BCUT2D eigenvalue weighted by Crippen LogP contribution is -2.53. The van der Waals surface area contributed by atoms with Gasteiger partial charge >= 0.3 is 0 Å². The smallest absolute Gasteiger partial charge is 0.243 e. The van der Waals surface area contributed by atoms with E-state index >= 15 is 0 Å². The Hall–Kier alpha value is -1.92. The van der Waals surface area contributed by atoms with Gasteiger partial charge in [-0.3, -0.25) is 4.79 Å². The third kappa shape index (κ3) is 3.40. The van der Waals surface area contributed by atoms with Gasteiger partial charge in [0, 0.05) is 17.6 Å². The Bertz CT molecular complexity index is 620. The van der Waals surface area contributed by atoms with E-state index in [1.807, 2.05) is 43.3 Å². The fourth-order valence-corrected chi connectivity index (χ4v) is 3.17. The first-order chi connectivity index (χ1) is 10.1. The van der Waals surface area contributed by atoms with Gasteiger partial charge in [0.2, 0.25) is 5.91 Å². The summed E-state index contributed by atoms with van der Waals surface area (Å²) >= 11 is 1.40. The van der Waals surface area contributed by atoms with Crippen molar-refractivity contribution in [2.75, 3.05) is 12.8 Å². The number of carbonyl (C=O) groups is 1. The maximum absolute atomic E-state index is 12.0. The van der Waals surface area contributed by atoms with Crippen LogP contribution in [0.15, 0.2) is 47.8 Å². The van der Waals surface area contributed by atoms with Crippen LogP contribution in [0.25, 0.3) is 0 Å². The van der Waals surface area contributed by atoms with Crippen molar-refractivity contribution in [1.29, 1.82) is 0 Å². The zero-order valence-electron chi connectivity index (χ0n) is 12.0. The van der Waals surface area contributed by atoms with Gasteiger partial charge in [-0.2, -0.15) is 0 Å². The third-order valence-electron chi connectivity index (χ3n) is 3.30. The van der Waals surface area contributed by atoms with E-state index in [2.05, 4.69) is 15.3 Å². The number of aryl methyl sites for hydroxylation is 1. The number of nitrogens with two attached hydrogens (primary N) is 1. The van der Waals surface area contributed by atoms with Gasteiger partial charge in [0.1, 0.15) is 5.54 Å². The normalized spacial score (nSPS) is 13.6. The van der Waals surface area contributed by atoms with E-state index in [1.54, 1.807) is 13.2 Å². The second-order valence-corrected chi connectivity index (χ2v) is 5.60. The Kier molecular flexibility index (Phi) is 4.93. The number of primary amides is 1. The Labute approximate surface area is 128 Å². The minimum atomic E-state index is -0.945. The number of amides is 1. The lowest BCUT2D eigenvalue weighted by Gasteiger charge is -2.30. The van der Waals surface area contributed by atoms with Gasteiger partial charge in [-0.15, -0.1) is 0 Å². The van der Waals surface area contributed by atoms with Crippen LogP contribution in [0, 0.1) is 6.92 Å². The van der Waals surface area contributed by atoms with Crippen molar-refractivity contribution in [3.8, 4) is 0 Å². The second kappa shape index (κ2) is 6.69. The summed E-state index contributed by atoms with van der Waals surface area (Å²) in [5.41, 5.74) is 6.43. The molecule has 1 atom stereocenters. The number of hydrogen-bond donors (Lipinski definition) is 2. The zero-order valence-corrected chi connectivity index (χ0v) is 12.9. The number of thioether (sulfide) groups is 1. The van der Waals surface area contributed by atoms with Crippen LogP contribution in [0.4, 0.5) is 0 Å². The van der Waals surface area contributed by atoms with Crippen LogP contribution >= 0.6 is 11.8 Å². The highest BCUT2D eigenvalue weighted by Crippen LogP contribution is 2.28. The summed E-state index contributed by atoms with van der Waals surface area (Å²) in [6.07, 6.45) is 1.71. The molecule has 110 valence electrons. The summed E-state index contributed by atoms with van der Waals surface area (Å²) in [5, 5.41) is 3.70. The predicted molar refractivity (Wildman–Crippen MR) is 83.9 cm³/mol. The van der Waals surface area contributed by atoms with Crippen molar-refractivity contribution >= 4 is 17.7 Å². The molecule has 0 saturated heterocycles. The quantitative estimate of drug-likeness (QED) is 0.624. The van der Waals surface area contributed by atoms with Gasteiger partial charge in [0.15, 0.2) is 5.16 Å². The third-order valence-corrected chi connectivity index (χ3v) is 4.34. The van der Waals surface area contributed by atoms with E-state index in [0.717, 1.165) is 11.3 Å². The van der Waals surface area contributed by atoms with Crippen LogP contribution in [-0.4, -0.2) is 28.7 Å². The lowest BCUT2D eigenvalue weighted by atomic mass is 9.91. The number of carbonyl (C=O) groups excluding carboxylic acids is 1. The molecule has 5 nitrogen and oxygen atoms in total. The number of benzene rings is 1. The molecule has 0 aliphatic carbocycles. The predicted octanol–water partition coefficient (Wildman–Crippen LogP) is 1.48. The standard InChI is InChI=1S/C15H18N4OS/c1-11-8-9-18-14(19-11)21-10-15(17-2,13(16)20)12-6-4-3-5-7-12/h3-9,17H,10H2,1-2H3,(H2,16,20). The fraction of sp³-hybridized carbons (Fsp3) is 0.267. The van der Waals surface area contributed by atoms with E-state index in [4.69, 9.17) is 5.73 Å². The van der Waals surface area contributed by atoms with Crippen molar-refractivity contribution in [1.82, 2.24) is 15.3 Å². The maximum Gasteiger partial charge on any atom is 0.243 e. The molecule has 1 aromatic carbocycles. The van der Waals surface area contributed by atoms with E-state index in [1.165, 1.54) is 11.8 Å². The molecule has 1 unspecified atom stereocenters. The van der Waals surface area contributed by atoms with Gasteiger partial charge in [-0.05, 0) is 25.6 Å². The molecule has 2 rings (SSSR count). The number of likely N-dealkylation sites (N-methyl/N-ethyl adjacent to an activating group) is 1. The summed E-state index contributed by atoms with van der Waals surface area (Å²) in [5.74, 6) is 0.00287. The Balaban J connectivity index is 2.27. The van der Waals surface area contributed by atoms with E-state index < -0.39 is 11.4 Å². The Morgan fingerprint density at radius 2 is 2.05 bits per heavy atom. The van der Waals surface area contributed by atoms with Gasteiger partial charge in [-0.1, -0.05) is 42.1 Å². The highest BCUT2D eigenvalue weighted by molar-refractivity contribution is 7.99. The van der Waals surface area contributed by atoms with Crippen molar-refractivity contribution < 1.29 is 4.79 Å². The molecule has 1 amide bonds. The van der Waals surface area contributed by atoms with Crippen LogP contribution in [0.5, 0.6) is 0 Å². The first-order valence-electron chi connectivity index (χ1n) is 6.55. The van der Waals surface area contributed by atoms with E-state index in [0.29, 0.717) is 10.9 Å². The molecular weight excluding hydrogens is 284 g/mol. The minimum Gasteiger partial charge on any atom is -0.368 e. The van der Waals surface area contributed by atoms with Crippen LogP contribution < -0.4 is 11.1 Å². The molecule has 6 heteroatoms. The molecule has 0 bridgehead atoms. The van der Waals surface area contributed by atoms with Crippen LogP contribution in [0.3, 0.4) is 0 Å². The number of nitrogens with one attached hydrogen (secondary N) is 1. The van der Waals surface area contributed by atoms with Crippen LogP contribution in [0.2, 0.25) is 0 Å². The summed E-state index contributed by atoms with van der Waals surface area (Å²) in [7, 11) is 1.73. The average molecular weight is 302 g/mol. The molecule has 0 spiro atoms. The molecule has 0 aliphatic rings. The zero-order chi connectivity index (χ0) is 15.3. The van der Waals surface area contributed by atoms with Gasteiger partial charge in [-0.25, -0.2) is 9.97 Å². The first-order valence-corrected chi connectivity index (χ1v) is 7.54. The topological polar surface area (TPSA) is 80.9 Å². The van der Waals surface area contributed by atoms with Gasteiger partial charge < -0.3 is 11.1 Å². The van der Waals surface area contributed by atoms with Crippen molar-refractivity contribution in [3.05, 3.63) is 53.9 Å². The van der Waals surface area contributed by atoms with Crippen molar-refractivity contribution in [2.45, 2.75) is 17.6 Å². The highest BCUT2D eigenvalue weighted by atomic mass is 32.2. The SMILES string of the molecule is CNC(CSc1nccc(C)n1)(C(N)=O)c1ccccc1. The van der Waals surface area contributed by atoms with Crippen LogP contribution in [-0.2, 0) is 10.3 Å². The minimum absolute atomic E-state index is 0.420. The van der Waals surface area contributed by atoms with Crippen molar-refractivity contribution in [2.24, 2.45) is 5.73 Å². The van der Waals surface area contributed by atoms with Crippen molar-refractivity contribution in [3.63, 3.8) is 0 Å². The second-order valence-electron chi connectivity index (χ2n) is 4.65. The molecule has 21 heavy (non-hydrogen) atoms. The number of rotatable bonds is 6. The number of aromatic nitrogens is 2. The summed E-state index contributed by atoms with van der Waals surface area (Å²) in [6, 6.07) is 11.3.